The van der Waals surface area contributed by atoms with Crippen LogP contribution in [0.2, 0.25) is 0 Å². The average Bonchev–Trinajstić information content (AvgIpc) is 2.50. The van der Waals surface area contributed by atoms with Crippen LogP contribution in [-0.4, -0.2) is 31.3 Å². The Morgan fingerprint density at radius 3 is 2.95 bits per heavy atom. The van der Waals surface area contributed by atoms with Gasteiger partial charge in [-0.05, 0) is 75.4 Å². The van der Waals surface area contributed by atoms with Gasteiger partial charge in [-0.1, -0.05) is 15.9 Å². The Kier molecular flexibility index (Phi) is 7.25. The number of benzene rings is 1. The third kappa shape index (κ3) is 5.60. The van der Waals surface area contributed by atoms with Crippen molar-refractivity contribution < 1.29 is 4.79 Å². The van der Waals surface area contributed by atoms with E-state index in [1.807, 2.05) is 0 Å². The molecule has 1 aliphatic rings. The van der Waals surface area contributed by atoms with Gasteiger partial charge >= 0.3 is 0 Å². The van der Waals surface area contributed by atoms with Gasteiger partial charge in [0, 0.05) is 15.9 Å². The summed E-state index contributed by atoms with van der Waals surface area (Å²) in [5, 5.41) is 6.46. The van der Waals surface area contributed by atoms with Gasteiger partial charge in [0.05, 0.1) is 5.75 Å². The Bertz CT molecular complexity index is 516. The van der Waals surface area contributed by atoms with Gasteiger partial charge in [-0.3, -0.25) is 4.79 Å². The summed E-state index contributed by atoms with van der Waals surface area (Å²) in [5.41, 5.74) is 2.42. The number of piperidine rings is 1. The molecule has 2 rings (SSSR count). The Balaban J connectivity index is 1.70. The number of hydrogen-bond donors (Lipinski definition) is 2. The topological polar surface area (TPSA) is 41.1 Å². The highest BCUT2D eigenvalue weighted by atomic mass is 79.9. The molecule has 1 aliphatic heterocycles. The van der Waals surface area contributed by atoms with Crippen molar-refractivity contribution in [2.45, 2.75) is 38.0 Å². The second kappa shape index (κ2) is 8.94. The van der Waals surface area contributed by atoms with Crippen molar-refractivity contribution in [3.8, 4) is 0 Å². The summed E-state index contributed by atoms with van der Waals surface area (Å²) in [7, 11) is 0. The molecule has 1 amide bonds. The highest BCUT2D eigenvalue weighted by molar-refractivity contribution is 9.10. The molecule has 0 saturated carbocycles. The molecule has 1 aromatic rings. The summed E-state index contributed by atoms with van der Waals surface area (Å²) in [4.78, 5) is 13.2. The zero-order chi connectivity index (χ0) is 15.9. The molecule has 22 heavy (non-hydrogen) atoms. The molecule has 1 atom stereocenters. The molecular formula is C17H25BrN2OS. The van der Waals surface area contributed by atoms with Gasteiger partial charge in [-0.2, -0.15) is 0 Å². The molecule has 1 heterocycles. The highest BCUT2D eigenvalue weighted by Crippen LogP contribution is 2.28. The minimum Gasteiger partial charge on any atom is -0.355 e. The van der Waals surface area contributed by atoms with Gasteiger partial charge in [0.25, 0.3) is 0 Å². The van der Waals surface area contributed by atoms with Crippen LogP contribution in [0.5, 0.6) is 0 Å². The van der Waals surface area contributed by atoms with Crippen molar-refractivity contribution in [1.29, 1.82) is 0 Å². The third-order valence-corrected chi connectivity index (χ3v) is 6.10. The van der Waals surface area contributed by atoms with E-state index in [-0.39, 0.29) is 5.91 Å². The normalized spacial score (nSPS) is 18.2. The molecule has 0 radical (unpaired) electrons. The molecule has 0 spiro atoms. The number of halogens is 1. The van der Waals surface area contributed by atoms with E-state index >= 15 is 0 Å². The van der Waals surface area contributed by atoms with Crippen LogP contribution < -0.4 is 10.6 Å². The lowest BCUT2D eigenvalue weighted by Crippen LogP contribution is -2.33. The molecule has 1 aromatic carbocycles. The van der Waals surface area contributed by atoms with Crippen LogP contribution in [0.1, 0.15) is 30.4 Å². The number of nitrogens with one attached hydrogen (secondary N) is 2. The van der Waals surface area contributed by atoms with Gasteiger partial charge < -0.3 is 10.6 Å². The first-order chi connectivity index (χ1) is 10.6. The molecular weight excluding hydrogens is 360 g/mol. The molecule has 2 N–H and O–H groups in total. The molecule has 1 saturated heterocycles. The van der Waals surface area contributed by atoms with Gasteiger partial charge in [0.2, 0.25) is 5.91 Å². The van der Waals surface area contributed by atoms with Crippen molar-refractivity contribution in [2.75, 3.05) is 25.4 Å². The van der Waals surface area contributed by atoms with E-state index in [0.29, 0.717) is 5.75 Å². The highest BCUT2D eigenvalue weighted by Gasteiger charge is 2.13. The first-order valence-corrected chi connectivity index (χ1v) is 9.71. The van der Waals surface area contributed by atoms with E-state index in [9.17, 15) is 4.79 Å². The molecule has 0 aliphatic carbocycles. The molecule has 0 aromatic heterocycles. The molecule has 3 nitrogen and oxygen atoms in total. The van der Waals surface area contributed by atoms with Crippen LogP contribution in [0, 0.1) is 19.8 Å². The number of thioether (sulfide) groups is 1. The smallest absolute Gasteiger partial charge is 0.230 e. The number of rotatable bonds is 6. The third-order valence-electron chi connectivity index (χ3n) is 4.09. The van der Waals surface area contributed by atoms with Gasteiger partial charge in [-0.25, -0.2) is 0 Å². The van der Waals surface area contributed by atoms with E-state index in [4.69, 9.17) is 0 Å². The molecule has 122 valence electrons. The summed E-state index contributed by atoms with van der Waals surface area (Å²) in [6, 6.07) is 4.26. The maximum absolute atomic E-state index is 12.0. The van der Waals surface area contributed by atoms with E-state index < -0.39 is 0 Å². The largest absolute Gasteiger partial charge is 0.355 e. The first kappa shape index (κ1) is 17.8. The maximum atomic E-state index is 12.0. The molecule has 1 unspecified atom stereocenters. The van der Waals surface area contributed by atoms with Crippen molar-refractivity contribution in [1.82, 2.24) is 10.6 Å². The number of carbonyl (C=O) groups is 1. The minimum atomic E-state index is 0.133. The maximum Gasteiger partial charge on any atom is 0.230 e. The summed E-state index contributed by atoms with van der Waals surface area (Å²) in [5.74, 6) is 1.34. The lowest BCUT2D eigenvalue weighted by Gasteiger charge is -2.22. The molecule has 5 heteroatoms. The van der Waals surface area contributed by atoms with Gasteiger partial charge in [0.15, 0.2) is 0 Å². The van der Waals surface area contributed by atoms with Crippen LogP contribution in [0.4, 0.5) is 0 Å². The van der Waals surface area contributed by atoms with Crippen LogP contribution in [-0.2, 0) is 4.79 Å². The van der Waals surface area contributed by atoms with Gasteiger partial charge in [-0.15, -0.1) is 11.8 Å². The fourth-order valence-corrected chi connectivity index (χ4v) is 4.08. The average molecular weight is 385 g/mol. The quantitative estimate of drug-likeness (QED) is 0.735. The van der Waals surface area contributed by atoms with E-state index in [1.54, 1.807) is 11.8 Å². The molecule has 1 fully saturated rings. The van der Waals surface area contributed by atoms with Crippen molar-refractivity contribution in [3.05, 3.63) is 27.7 Å². The standard InChI is InChI=1S/C17H25BrN2OS/c1-12-9-16(13(2)8-15(12)18)22-11-17(21)20-7-5-14-4-3-6-19-10-14/h8-9,14,19H,3-7,10-11H2,1-2H3,(H,20,21). The fraction of sp³-hybridized carbons (Fsp3) is 0.588. The van der Waals surface area contributed by atoms with Crippen molar-refractivity contribution >= 4 is 33.6 Å². The first-order valence-electron chi connectivity index (χ1n) is 7.93. The number of aryl methyl sites for hydroxylation is 2. The Hall–Kier alpha value is -0.520. The second-order valence-corrected chi connectivity index (χ2v) is 7.88. The molecule has 0 bridgehead atoms. The van der Waals surface area contributed by atoms with E-state index in [1.165, 1.54) is 28.9 Å². The van der Waals surface area contributed by atoms with Crippen molar-refractivity contribution in [3.63, 3.8) is 0 Å². The van der Waals surface area contributed by atoms with E-state index in [0.717, 1.165) is 36.4 Å². The Morgan fingerprint density at radius 2 is 2.23 bits per heavy atom. The lowest BCUT2D eigenvalue weighted by molar-refractivity contribution is -0.118. The van der Waals surface area contributed by atoms with Crippen LogP contribution in [0.15, 0.2) is 21.5 Å². The predicted octanol–water partition coefficient (Wildman–Crippen LogP) is 3.66. The summed E-state index contributed by atoms with van der Waals surface area (Å²) < 4.78 is 1.12. The Labute approximate surface area is 146 Å². The summed E-state index contributed by atoms with van der Waals surface area (Å²) in [6.07, 6.45) is 3.63. The second-order valence-electron chi connectivity index (χ2n) is 6.01. The minimum absolute atomic E-state index is 0.133. The van der Waals surface area contributed by atoms with E-state index in [2.05, 4.69) is 52.5 Å². The SMILES string of the molecule is Cc1cc(SCC(=O)NCCC2CCCNC2)c(C)cc1Br. The summed E-state index contributed by atoms with van der Waals surface area (Å²) >= 11 is 5.16. The number of hydrogen-bond acceptors (Lipinski definition) is 3. The van der Waals surface area contributed by atoms with Crippen molar-refractivity contribution in [2.24, 2.45) is 5.92 Å². The zero-order valence-electron chi connectivity index (χ0n) is 13.4. The lowest BCUT2D eigenvalue weighted by atomic mass is 9.96. The number of amides is 1. The van der Waals surface area contributed by atoms with Crippen LogP contribution >= 0.6 is 27.7 Å². The van der Waals surface area contributed by atoms with Crippen LogP contribution in [0.3, 0.4) is 0 Å². The summed E-state index contributed by atoms with van der Waals surface area (Å²) in [6.45, 7) is 7.20. The monoisotopic (exact) mass is 384 g/mol. The van der Waals surface area contributed by atoms with Gasteiger partial charge in [0.1, 0.15) is 0 Å². The predicted molar refractivity (Wildman–Crippen MR) is 97.6 cm³/mol. The zero-order valence-corrected chi connectivity index (χ0v) is 15.8. The Morgan fingerprint density at radius 1 is 1.41 bits per heavy atom. The number of carbonyl (C=O) groups excluding carboxylic acids is 1. The van der Waals surface area contributed by atoms with Crippen LogP contribution in [0.25, 0.3) is 0 Å². The fourth-order valence-electron chi connectivity index (χ4n) is 2.69.